The lowest BCUT2D eigenvalue weighted by Gasteiger charge is -2.21. The van der Waals surface area contributed by atoms with Crippen molar-refractivity contribution in [1.82, 2.24) is 0 Å². The maximum atomic E-state index is 9.45. The van der Waals surface area contributed by atoms with Gasteiger partial charge in [-0.05, 0) is 5.56 Å². The number of aliphatic hydroxyl groups excluding tert-OH is 4. The van der Waals surface area contributed by atoms with Crippen molar-refractivity contribution in [2.75, 3.05) is 13.2 Å². The van der Waals surface area contributed by atoms with Crippen molar-refractivity contribution < 1.29 is 25.2 Å². The molecule has 0 aromatic heterocycles. The molecule has 5 heteroatoms. The third-order valence-electron chi connectivity index (χ3n) is 2.38. The Morgan fingerprint density at radius 3 is 2.24 bits per heavy atom. The highest BCUT2D eigenvalue weighted by Crippen LogP contribution is 2.04. The average molecular weight is 242 g/mol. The van der Waals surface area contributed by atoms with Crippen molar-refractivity contribution in [3.63, 3.8) is 0 Å². The van der Waals surface area contributed by atoms with Gasteiger partial charge < -0.3 is 25.2 Å². The van der Waals surface area contributed by atoms with Crippen LogP contribution in [0.2, 0.25) is 0 Å². The molecule has 0 unspecified atom stereocenters. The van der Waals surface area contributed by atoms with E-state index in [1.807, 2.05) is 30.3 Å². The molecule has 0 saturated heterocycles. The Hall–Kier alpha value is -0.980. The lowest BCUT2D eigenvalue weighted by molar-refractivity contribution is -0.101. The second-order valence-electron chi connectivity index (χ2n) is 3.81. The minimum atomic E-state index is -1.41. The van der Waals surface area contributed by atoms with Gasteiger partial charge in [-0.3, -0.25) is 0 Å². The summed E-state index contributed by atoms with van der Waals surface area (Å²) < 4.78 is 5.19. The number of aliphatic hydroxyl groups is 4. The second-order valence-corrected chi connectivity index (χ2v) is 3.81. The van der Waals surface area contributed by atoms with Crippen LogP contribution >= 0.6 is 0 Å². The molecule has 0 amide bonds. The molecule has 0 radical (unpaired) electrons. The van der Waals surface area contributed by atoms with Gasteiger partial charge in [0.2, 0.25) is 0 Å². The first kappa shape index (κ1) is 14.1. The van der Waals surface area contributed by atoms with E-state index in [2.05, 4.69) is 0 Å². The van der Waals surface area contributed by atoms with Crippen molar-refractivity contribution in [1.29, 1.82) is 0 Å². The number of rotatable bonds is 7. The largest absolute Gasteiger partial charge is 0.394 e. The summed E-state index contributed by atoms with van der Waals surface area (Å²) in [5, 5.41) is 36.5. The van der Waals surface area contributed by atoms with Crippen LogP contribution in [0, 0.1) is 0 Å². The van der Waals surface area contributed by atoms with Crippen molar-refractivity contribution in [2.24, 2.45) is 0 Å². The average Bonchev–Trinajstić information content (AvgIpc) is 2.38. The molecule has 0 aliphatic carbocycles. The molecule has 5 nitrogen and oxygen atoms in total. The Kier molecular flexibility index (Phi) is 6.10. The quantitative estimate of drug-likeness (QED) is 0.506. The standard InChI is InChI=1S/C12H18O5/c13-6-10(14)12(16)11(15)8-17-7-9-4-2-1-3-5-9/h1-5,10-16H,6-8H2/t10-,11+,12+/m1/s1. The Morgan fingerprint density at radius 1 is 1.00 bits per heavy atom. The maximum absolute atomic E-state index is 9.45. The summed E-state index contributed by atoms with van der Waals surface area (Å²) in [5.41, 5.74) is 0.955. The third kappa shape index (κ3) is 4.80. The fourth-order valence-corrected chi connectivity index (χ4v) is 1.33. The summed E-state index contributed by atoms with van der Waals surface area (Å²) in [7, 11) is 0. The van der Waals surface area contributed by atoms with Gasteiger partial charge in [-0.25, -0.2) is 0 Å². The smallest absolute Gasteiger partial charge is 0.110 e. The lowest BCUT2D eigenvalue weighted by atomic mass is 10.1. The van der Waals surface area contributed by atoms with Crippen LogP contribution in [0.15, 0.2) is 30.3 Å². The highest BCUT2D eigenvalue weighted by molar-refractivity contribution is 5.13. The fraction of sp³-hybridized carbons (Fsp3) is 0.500. The van der Waals surface area contributed by atoms with Gasteiger partial charge in [-0.1, -0.05) is 30.3 Å². The molecule has 96 valence electrons. The molecule has 0 bridgehead atoms. The predicted octanol–water partition coefficient (Wildman–Crippen LogP) is -0.722. The van der Waals surface area contributed by atoms with Gasteiger partial charge in [0, 0.05) is 0 Å². The molecule has 4 N–H and O–H groups in total. The van der Waals surface area contributed by atoms with Crippen LogP contribution in [-0.2, 0) is 11.3 Å². The van der Waals surface area contributed by atoms with E-state index in [1.54, 1.807) is 0 Å². The van der Waals surface area contributed by atoms with Gasteiger partial charge in [-0.2, -0.15) is 0 Å². The lowest BCUT2D eigenvalue weighted by Crippen LogP contribution is -2.41. The Bertz CT molecular complexity index is 303. The molecule has 1 rings (SSSR count). The van der Waals surface area contributed by atoms with Gasteiger partial charge in [0.15, 0.2) is 0 Å². The Labute approximate surface area is 99.9 Å². The first-order valence-corrected chi connectivity index (χ1v) is 5.42. The molecule has 0 aliphatic heterocycles. The monoisotopic (exact) mass is 242 g/mol. The predicted molar refractivity (Wildman–Crippen MR) is 61.2 cm³/mol. The molecular weight excluding hydrogens is 224 g/mol. The number of hydrogen-bond donors (Lipinski definition) is 4. The van der Waals surface area contributed by atoms with Crippen molar-refractivity contribution in [3.05, 3.63) is 35.9 Å². The fourth-order valence-electron chi connectivity index (χ4n) is 1.33. The van der Waals surface area contributed by atoms with Crippen LogP contribution in [0.4, 0.5) is 0 Å². The molecular formula is C12H18O5. The zero-order chi connectivity index (χ0) is 12.7. The highest BCUT2D eigenvalue weighted by Gasteiger charge is 2.23. The van der Waals surface area contributed by atoms with E-state index in [9.17, 15) is 10.2 Å². The Balaban J connectivity index is 2.27. The second kappa shape index (κ2) is 7.37. The van der Waals surface area contributed by atoms with E-state index in [0.717, 1.165) is 5.56 Å². The zero-order valence-corrected chi connectivity index (χ0v) is 9.44. The van der Waals surface area contributed by atoms with Crippen molar-refractivity contribution in [2.45, 2.75) is 24.9 Å². The molecule has 1 aromatic rings. The molecule has 0 fully saturated rings. The molecule has 0 heterocycles. The van der Waals surface area contributed by atoms with E-state index in [-0.39, 0.29) is 6.61 Å². The maximum Gasteiger partial charge on any atom is 0.110 e. The first-order chi connectivity index (χ1) is 8.15. The van der Waals surface area contributed by atoms with E-state index in [0.29, 0.717) is 6.61 Å². The van der Waals surface area contributed by atoms with E-state index >= 15 is 0 Å². The van der Waals surface area contributed by atoms with Crippen LogP contribution in [0.5, 0.6) is 0 Å². The van der Waals surface area contributed by atoms with Crippen molar-refractivity contribution >= 4 is 0 Å². The van der Waals surface area contributed by atoms with E-state index in [4.69, 9.17) is 14.9 Å². The normalized spacial score (nSPS) is 16.5. The van der Waals surface area contributed by atoms with Crippen LogP contribution in [0.3, 0.4) is 0 Å². The van der Waals surface area contributed by atoms with Crippen LogP contribution < -0.4 is 0 Å². The molecule has 0 spiro atoms. The number of hydrogen-bond acceptors (Lipinski definition) is 5. The summed E-state index contributed by atoms with van der Waals surface area (Å²) >= 11 is 0. The minimum Gasteiger partial charge on any atom is -0.394 e. The topological polar surface area (TPSA) is 90.2 Å². The first-order valence-electron chi connectivity index (χ1n) is 5.42. The van der Waals surface area contributed by atoms with Gasteiger partial charge >= 0.3 is 0 Å². The Morgan fingerprint density at radius 2 is 1.65 bits per heavy atom. The van der Waals surface area contributed by atoms with Crippen molar-refractivity contribution in [3.8, 4) is 0 Å². The minimum absolute atomic E-state index is 0.104. The van der Waals surface area contributed by atoms with E-state index < -0.39 is 24.9 Å². The molecule has 1 aromatic carbocycles. The van der Waals surface area contributed by atoms with Gasteiger partial charge in [0.25, 0.3) is 0 Å². The molecule has 17 heavy (non-hydrogen) atoms. The number of ether oxygens (including phenoxy) is 1. The highest BCUT2D eigenvalue weighted by atomic mass is 16.5. The molecule has 0 saturated carbocycles. The van der Waals surface area contributed by atoms with Gasteiger partial charge in [0.05, 0.1) is 19.8 Å². The summed E-state index contributed by atoms with van der Waals surface area (Å²) in [6.45, 7) is -0.385. The summed E-state index contributed by atoms with van der Waals surface area (Å²) in [4.78, 5) is 0. The van der Waals surface area contributed by atoms with Crippen LogP contribution in [0.1, 0.15) is 5.56 Å². The summed E-state index contributed by atoms with van der Waals surface area (Å²) in [6, 6.07) is 9.40. The zero-order valence-electron chi connectivity index (χ0n) is 9.44. The van der Waals surface area contributed by atoms with E-state index in [1.165, 1.54) is 0 Å². The SMILES string of the molecule is OC[C@@H](O)[C@H](O)[C@@H](O)COCc1ccccc1. The van der Waals surface area contributed by atoms with Gasteiger partial charge in [-0.15, -0.1) is 0 Å². The summed E-state index contributed by atoms with van der Waals surface area (Å²) in [6.07, 6.45) is -3.98. The summed E-state index contributed by atoms with van der Waals surface area (Å²) in [5.74, 6) is 0. The third-order valence-corrected chi connectivity index (χ3v) is 2.38. The molecule has 0 aliphatic rings. The van der Waals surface area contributed by atoms with Crippen LogP contribution in [0.25, 0.3) is 0 Å². The van der Waals surface area contributed by atoms with Gasteiger partial charge in [0.1, 0.15) is 18.3 Å². The number of benzene rings is 1. The van der Waals surface area contributed by atoms with Crippen LogP contribution in [-0.4, -0.2) is 52.0 Å². The molecule has 3 atom stereocenters.